The van der Waals surface area contributed by atoms with Crippen LogP contribution in [0.3, 0.4) is 0 Å². The zero-order valence-corrected chi connectivity index (χ0v) is 12.1. The van der Waals surface area contributed by atoms with Crippen molar-refractivity contribution < 1.29 is 4.74 Å². The van der Waals surface area contributed by atoms with Crippen LogP contribution in [0.1, 0.15) is 12.5 Å². The van der Waals surface area contributed by atoms with Crippen LogP contribution in [0, 0.1) is 0 Å². The molecule has 1 fully saturated rings. The molecule has 1 aromatic heterocycles. The van der Waals surface area contributed by atoms with Gasteiger partial charge in [0.05, 0.1) is 18.7 Å². The molecule has 0 amide bonds. The summed E-state index contributed by atoms with van der Waals surface area (Å²) in [7, 11) is 1.93. The molecule has 0 unspecified atom stereocenters. The Kier molecular flexibility index (Phi) is 3.74. The van der Waals surface area contributed by atoms with Gasteiger partial charge in [-0.25, -0.2) is 4.98 Å². The van der Waals surface area contributed by atoms with E-state index in [1.165, 1.54) is 16.6 Å². The molecule has 0 spiro atoms. The minimum absolute atomic E-state index is 0.815. The summed E-state index contributed by atoms with van der Waals surface area (Å²) in [5.74, 6) is 0.985. The van der Waals surface area contributed by atoms with Gasteiger partial charge in [-0.15, -0.1) is 0 Å². The minimum atomic E-state index is 0.815. The second-order valence-corrected chi connectivity index (χ2v) is 5.08. The van der Waals surface area contributed by atoms with Crippen molar-refractivity contribution in [1.82, 2.24) is 4.98 Å². The summed E-state index contributed by atoms with van der Waals surface area (Å²) in [4.78, 5) is 7.07. The van der Waals surface area contributed by atoms with Gasteiger partial charge in [0, 0.05) is 31.2 Å². The largest absolute Gasteiger partial charge is 0.378 e. The zero-order chi connectivity index (χ0) is 13.9. The maximum atomic E-state index is 5.41. The topological polar surface area (TPSA) is 37.4 Å². The van der Waals surface area contributed by atoms with E-state index in [9.17, 15) is 0 Å². The summed E-state index contributed by atoms with van der Waals surface area (Å²) < 4.78 is 5.41. The van der Waals surface area contributed by atoms with Gasteiger partial charge in [-0.05, 0) is 36.2 Å². The highest BCUT2D eigenvalue weighted by atomic mass is 16.5. The van der Waals surface area contributed by atoms with Gasteiger partial charge in [-0.2, -0.15) is 0 Å². The van der Waals surface area contributed by atoms with Crippen LogP contribution in [-0.4, -0.2) is 38.3 Å². The summed E-state index contributed by atoms with van der Waals surface area (Å²) >= 11 is 0. The van der Waals surface area contributed by atoms with Crippen LogP contribution in [0.15, 0.2) is 24.3 Å². The second kappa shape index (κ2) is 5.67. The van der Waals surface area contributed by atoms with Crippen LogP contribution in [0.4, 0.5) is 11.5 Å². The molecule has 0 saturated carbocycles. The third-order valence-electron chi connectivity index (χ3n) is 3.87. The Labute approximate surface area is 119 Å². The van der Waals surface area contributed by atoms with E-state index in [1.54, 1.807) is 0 Å². The molecule has 1 N–H and O–H groups in total. The molecule has 1 aliphatic rings. The Hall–Kier alpha value is -1.81. The van der Waals surface area contributed by atoms with Crippen LogP contribution in [-0.2, 0) is 11.2 Å². The number of benzene rings is 1. The summed E-state index contributed by atoms with van der Waals surface area (Å²) in [6.07, 6.45) is 0.987. The number of fused-ring (bicyclic) bond motifs is 1. The van der Waals surface area contributed by atoms with Gasteiger partial charge in [0.25, 0.3) is 0 Å². The number of hydrogen-bond acceptors (Lipinski definition) is 4. The number of aryl methyl sites for hydroxylation is 1. The molecule has 0 aliphatic carbocycles. The van der Waals surface area contributed by atoms with E-state index < -0.39 is 0 Å². The second-order valence-electron chi connectivity index (χ2n) is 5.08. The molecule has 0 bridgehead atoms. The lowest BCUT2D eigenvalue weighted by molar-refractivity contribution is 0.122. The van der Waals surface area contributed by atoms with E-state index in [-0.39, 0.29) is 0 Å². The highest BCUT2D eigenvalue weighted by Gasteiger charge is 2.12. The lowest BCUT2D eigenvalue weighted by Gasteiger charge is -2.29. The first kappa shape index (κ1) is 13.2. The van der Waals surface area contributed by atoms with Crippen LogP contribution in [0.25, 0.3) is 10.9 Å². The lowest BCUT2D eigenvalue weighted by atomic mass is 10.1. The normalized spacial score (nSPS) is 15.6. The Balaban J connectivity index is 2.01. The van der Waals surface area contributed by atoms with Crippen molar-refractivity contribution in [2.24, 2.45) is 0 Å². The monoisotopic (exact) mass is 271 g/mol. The standard InChI is InChI=1S/C16H21N3O/c1-3-12-10-13-11-14(19-6-8-20-9-7-19)4-5-15(13)18-16(12)17-2/h4-5,10-11H,3,6-9H2,1-2H3,(H,17,18). The van der Waals surface area contributed by atoms with Gasteiger partial charge < -0.3 is 15.0 Å². The minimum Gasteiger partial charge on any atom is -0.378 e. The first-order valence-corrected chi connectivity index (χ1v) is 7.26. The molecule has 1 aliphatic heterocycles. The fraction of sp³-hybridized carbons (Fsp3) is 0.438. The molecule has 1 aromatic carbocycles. The van der Waals surface area contributed by atoms with Crippen molar-refractivity contribution in [3.8, 4) is 0 Å². The first-order valence-electron chi connectivity index (χ1n) is 7.26. The highest BCUT2D eigenvalue weighted by molar-refractivity contribution is 5.85. The quantitative estimate of drug-likeness (QED) is 0.931. The van der Waals surface area contributed by atoms with Gasteiger partial charge in [-0.1, -0.05) is 6.92 Å². The molecule has 2 heterocycles. The lowest BCUT2D eigenvalue weighted by Crippen LogP contribution is -2.36. The summed E-state index contributed by atoms with van der Waals surface area (Å²) in [5, 5.41) is 4.39. The number of nitrogens with zero attached hydrogens (tertiary/aromatic N) is 2. The van der Waals surface area contributed by atoms with Crippen LogP contribution in [0.2, 0.25) is 0 Å². The van der Waals surface area contributed by atoms with Gasteiger partial charge in [0.1, 0.15) is 5.82 Å². The molecule has 0 atom stereocenters. The summed E-state index contributed by atoms with van der Waals surface area (Å²) in [6.45, 7) is 5.72. The number of morpholine rings is 1. The van der Waals surface area contributed by atoms with E-state index in [4.69, 9.17) is 9.72 Å². The third-order valence-corrected chi connectivity index (χ3v) is 3.87. The molecule has 20 heavy (non-hydrogen) atoms. The van der Waals surface area contributed by atoms with Crippen molar-refractivity contribution in [2.45, 2.75) is 13.3 Å². The molecule has 2 aromatic rings. The van der Waals surface area contributed by atoms with Crippen LogP contribution in [0.5, 0.6) is 0 Å². The van der Waals surface area contributed by atoms with E-state index >= 15 is 0 Å². The Morgan fingerprint density at radius 1 is 1.25 bits per heavy atom. The van der Waals surface area contributed by atoms with Gasteiger partial charge in [-0.3, -0.25) is 0 Å². The first-order chi connectivity index (χ1) is 9.81. The van der Waals surface area contributed by atoms with E-state index in [0.717, 1.165) is 44.1 Å². The number of pyridine rings is 1. The van der Waals surface area contributed by atoms with E-state index in [0.29, 0.717) is 0 Å². The molecule has 1 saturated heterocycles. The molecule has 3 rings (SSSR count). The molecule has 0 radical (unpaired) electrons. The number of nitrogens with one attached hydrogen (secondary N) is 1. The molecular formula is C16H21N3O. The van der Waals surface area contributed by atoms with E-state index in [2.05, 4.69) is 41.4 Å². The van der Waals surface area contributed by atoms with Crippen molar-refractivity contribution >= 4 is 22.4 Å². The van der Waals surface area contributed by atoms with Crippen molar-refractivity contribution in [2.75, 3.05) is 43.6 Å². The highest BCUT2D eigenvalue weighted by Crippen LogP contribution is 2.25. The SMILES string of the molecule is CCc1cc2cc(N3CCOCC3)ccc2nc1NC. The van der Waals surface area contributed by atoms with Crippen molar-refractivity contribution in [3.63, 3.8) is 0 Å². The zero-order valence-electron chi connectivity index (χ0n) is 12.1. The molecule has 106 valence electrons. The average Bonchev–Trinajstić information content (AvgIpc) is 2.53. The smallest absolute Gasteiger partial charge is 0.129 e. The van der Waals surface area contributed by atoms with Gasteiger partial charge in [0.2, 0.25) is 0 Å². The van der Waals surface area contributed by atoms with Crippen LogP contribution < -0.4 is 10.2 Å². The third kappa shape index (κ3) is 2.43. The predicted octanol–water partition coefficient (Wildman–Crippen LogP) is 2.68. The maximum absolute atomic E-state index is 5.41. The maximum Gasteiger partial charge on any atom is 0.129 e. The number of ether oxygens (including phenoxy) is 1. The number of aromatic nitrogens is 1. The summed E-state index contributed by atoms with van der Waals surface area (Å²) in [6, 6.07) is 8.76. The molecule has 4 nitrogen and oxygen atoms in total. The predicted molar refractivity (Wildman–Crippen MR) is 83.7 cm³/mol. The molecular weight excluding hydrogens is 250 g/mol. The fourth-order valence-electron chi connectivity index (χ4n) is 2.71. The Bertz CT molecular complexity index is 606. The number of rotatable bonds is 3. The average molecular weight is 271 g/mol. The van der Waals surface area contributed by atoms with Crippen molar-refractivity contribution in [1.29, 1.82) is 0 Å². The van der Waals surface area contributed by atoms with E-state index in [1.807, 2.05) is 7.05 Å². The van der Waals surface area contributed by atoms with Crippen LogP contribution >= 0.6 is 0 Å². The van der Waals surface area contributed by atoms with Gasteiger partial charge >= 0.3 is 0 Å². The summed E-state index contributed by atoms with van der Waals surface area (Å²) in [5.41, 5.74) is 3.57. The fourth-order valence-corrected chi connectivity index (χ4v) is 2.71. The van der Waals surface area contributed by atoms with Gasteiger partial charge in [0.15, 0.2) is 0 Å². The van der Waals surface area contributed by atoms with Crippen molar-refractivity contribution in [3.05, 3.63) is 29.8 Å². The Morgan fingerprint density at radius 2 is 2.05 bits per heavy atom. The Morgan fingerprint density at radius 3 is 2.75 bits per heavy atom. The number of hydrogen-bond donors (Lipinski definition) is 1. The molecule has 4 heteroatoms. The number of anilines is 2.